The number of hydrogen-bond acceptors (Lipinski definition) is 1. The van der Waals surface area contributed by atoms with Crippen molar-refractivity contribution in [2.24, 2.45) is 0 Å². The fourth-order valence-corrected chi connectivity index (χ4v) is 2.04. The van der Waals surface area contributed by atoms with Gasteiger partial charge in [0.05, 0.1) is 12.2 Å². The molecule has 0 spiro atoms. The van der Waals surface area contributed by atoms with Crippen molar-refractivity contribution in [1.29, 1.82) is 0 Å². The van der Waals surface area contributed by atoms with Gasteiger partial charge in [0.2, 0.25) is 0 Å². The summed E-state index contributed by atoms with van der Waals surface area (Å²) in [6.07, 6.45) is 1.00. The van der Waals surface area contributed by atoms with E-state index in [1.807, 2.05) is 0 Å². The minimum atomic E-state index is 0.874. The van der Waals surface area contributed by atoms with E-state index in [0.717, 1.165) is 13.0 Å². The molecule has 0 fully saturated rings. The van der Waals surface area contributed by atoms with E-state index in [4.69, 9.17) is 0 Å². The first-order valence-electron chi connectivity index (χ1n) is 6.19. The highest BCUT2D eigenvalue weighted by atomic mass is 15.3. The van der Waals surface area contributed by atoms with Crippen LogP contribution in [0, 0.1) is 20.8 Å². The highest BCUT2D eigenvalue weighted by Gasteiger charge is 2.05. The summed E-state index contributed by atoms with van der Waals surface area (Å²) in [7, 11) is 0. The van der Waals surface area contributed by atoms with Crippen LogP contribution in [0.3, 0.4) is 0 Å². The van der Waals surface area contributed by atoms with Crippen molar-refractivity contribution >= 4 is 0 Å². The molecule has 0 saturated heterocycles. The van der Waals surface area contributed by atoms with E-state index in [-0.39, 0.29) is 0 Å². The third-order valence-electron chi connectivity index (χ3n) is 3.22. The van der Waals surface area contributed by atoms with Gasteiger partial charge in [0.15, 0.2) is 0 Å². The minimum Gasteiger partial charge on any atom is -0.265 e. The largest absolute Gasteiger partial charge is 0.265 e. The summed E-state index contributed by atoms with van der Waals surface area (Å²) in [5.41, 5.74) is 6.42. The Labute approximate surface area is 103 Å². The van der Waals surface area contributed by atoms with Crippen LogP contribution in [0.15, 0.2) is 24.3 Å². The summed E-state index contributed by atoms with van der Waals surface area (Å²) in [6.45, 7) is 9.44. The second kappa shape index (κ2) is 4.74. The summed E-state index contributed by atoms with van der Waals surface area (Å²) in [4.78, 5) is 0. The Morgan fingerprint density at radius 2 is 1.88 bits per heavy atom. The summed E-state index contributed by atoms with van der Waals surface area (Å²) in [5.74, 6) is 0. The fraction of sp³-hybridized carbons (Fsp3) is 0.400. The molecule has 2 heteroatoms. The first-order valence-corrected chi connectivity index (χ1v) is 6.19. The van der Waals surface area contributed by atoms with Gasteiger partial charge in [0.1, 0.15) is 0 Å². The van der Waals surface area contributed by atoms with Crippen molar-refractivity contribution in [3.63, 3.8) is 0 Å². The van der Waals surface area contributed by atoms with Crippen LogP contribution in [-0.2, 0) is 13.0 Å². The molecule has 0 atom stereocenters. The molecular weight excluding hydrogens is 208 g/mol. The second-order valence-corrected chi connectivity index (χ2v) is 4.72. The number of benzene rings is 1. The lowest BCUT2D eigenvalue weighted by Crippen LogP contribution is -2.05. The molecule has 0 bridgehead atoms. The van der Waals surface area contributed by atoms with Crippen molar-refractivity contribution < 1.29 is 0 Å². The van der Waals surface area contributed by atoms with Gasteiger partial charge < -0.3 is 0 Å². The Morgan fingerprint density at radius 1 is 1.12 bits per heavy atom. The van der Waals surface area contributed by atoms with Crippen LogP contribution in [0.2, 0.25) is 0 Å². The third kappa shape index (κ3) is 2.57. The van der Waals surface area contributed by atoms with Crippen molar-refractivity contribution in [3.05, 3.63) is 52.3 Å². The standard InChI is InChI=1S/C15H20N2/c1-5-15-9-13(4)17(16-15)10-14-8-11(2)6-7-12(14)3/h6-9H,5,10H2,1-4H3. The van der Waals surface area contributed by atoms with Gasteiger partial charge in [-0.15, -0.1) is 0 Å². The number of nitrogens with zero attached hydrogens (tertiary/aromatic N) is 2. The van der Waals surface area contributed by atoms with Crippen LogP contribution in [0.1, 0.15) is 35.0 Å². The normalized spacial score (nSPS) is 10.8. The van der Waals surface area contributed by atoms with Crippen molar-refractivity contribution in [3.8, 4) is 0 Å². The quantitative estimate of drug-likeness (QED) is 0.787. The molecule has 0 radical (unpaired) electrons. The van der Waals surface area contributed by atoms with Gasteiger partial charge in [-0.3, -0.25) is 4.68 Å². The lowest BCUT2D eigenvalue weighted by Gasteiger charge is -2.09. The average Bonchev–Trinajstić information content (AvgIpc) is 2.65. The molecular formula is C15H20N2. The van der Waals surface area contributed by atoms with Crippen molar-refractivity contribution in [2.75, 3.05) is 0 Å². The molecule has 0 N–H and O–H groups in total. The Bertz CT molecular complexity index is 524. The van der Waals surface area contributed by atoms with Gasteiger partial charge in [-0.2, -0.15) is 5.10 Å². The maximum atomic E-state index is 4.61. The molecule has 90 valence electrons. The number of aromatic nitrogens is 2. The van der Waals surface area contributed by atoms with Crippen LogP contribution in [-0.4, -0.2) is 9.78 Å². The number of hydrogen-bond donors (Lipinski definition) is 0. The lowest BCUT2D eigenvalue weighted by molar-refractivity contribution is 0.651. The highest BCUT2D eigenvalue weighted by Crippen LogP contribution is 2.14. The van der Waals surface area contributed by atoms with Crippen molar-refractivity contribution in [1.82, 2.24) is 9.78 Å². The van der Waals surface area contributed by atoms with Crippen LogP contribution < -0.4 is 0 Å². The molecule has 17 heavy (non-hydrogen) atoms. The van der Waals surface area contributed by atoms with Crippen LogP contribution in [0.4, 0.5) is 0 Å². The molecule has 1 heterocycles. The van der Waals surface area contributed by atoms with Gasteiger partial charge in [-0.25, -0.2) is 0 Å². The monoisotopic (exact) mass is 228 g/mol. The predicted molar refractivity (Wildman–Crippen MR) is 71.4 cm³/mol. The summed E-state index contributed by atoms with van der Waals surface area (Å²) in [6, 6.07) is 8.77. The second-order valence-electron chi connectivity index (χ2n) is 4.72. The zero-order chi connectivity index (χ0) is 12.4. The van der Waals surface area contributed by atoms with Crippen LogP contribution in [0.5, 0.6) is 0 Å². The Hall–Kier alpha value is -1.57. The van der Waals surface area contributed by atoms with E-state index >= 15 is 0 Å². The van der Waals surface area contributed by atoms with E-state index in [1.54, 1.807) is 0 Å². The maximum Gasteiger partial charge on any atom is 0.0665 e. The first-order chi connectivity index (χ1) is 8.10. The van der Waals surface area contributed by atoms with Gasteiger partial charge in [0.25, 0.3) is 0 Å². The van der Waals surface area contributed by atoms with E-state index in [9.17, 15) is 0 Å². The maximum absolute atomic E-state index is 4.61. The molecule has 0 saturated carbocycles. The first kappa shape index (κ1) is 11.9. The Kier molecular flexibility index (Phi) is 3.32. The molecule has 0 amide bonds. The molecule has 0 aliphatic heterocycles. The molecule has 0 unspecified atom stereocenters. The topological polar surface area (TPSA) is 17.8 Å². The van der Waals surface area contributed by atoms with Crippen molar-refractivity contribution in [2.45, 2.75) is 40.7 Å². The average molecular weight is 228 g/mol. The van der Waals surface area contributed by atoms with Crippen LogP contribution in [0.25, 0.3) is 0 Å². The van der Waals surface area contributed by atoms with E-state index in [0.29, 0.717) is 0 Å². The SMILES string of the molecule is CCc1cc(C)n(Cc2cc(C)ccc2C)n1. The Morgan fingerprint density at radius 3 is 2.53 bits per heavy atom. The molecule has 1 aromatic heterocycles. The summed E-state index contributed by atoms with van der Waals surface area (Å²) in [5, 5.41) is 4.61. The fourth-order valence-electron chi connectivity index (χ4n) is 2.04. The van der Waals surface area contributed by atoms with Gasteiger partial charge in [-0.1, -0.05) is 30.7 Å². The minimum absolute atomic E-state index is 0.874. The van der Waals surface area contributed by atoms with Crippen LogP contribution >= 0.6 is 0 Å². The van der Waals surface area contributed by atoms with E-state index in [1.165, 1.54) is 28.1 Å². The van der Waals surface area contributed by atoms with Gasteiger partial charge in [-0.05, 0) is 44.4 Å². The molecule has 2 nitrogen and oxygen atoms in total. The lowest BCUT2D eigenvalue weighted by atomic mass is 10.1. The number of aryl methyl sites for hydroxylation is 4. The number of rotatable bonds is 3. The van der Waals surface area contributed by atoms with Gasteiger partial charge in [0, 0.05) is 5.69 Å². The highest BCUT2D eigenvalue weighted by molar-refractivity contribution is 5.30. The van der Waals surface area contributed by atoms with E-state index < -0.39 is 0 Å². The molecule has 1 aromatic carbocycles. The molecule has 2 aromatic rings. The summed E-state index contributed by atoms with van der Waals surface area (Å²) < 4.78 is 2.10. The predicted octanol–water partition coefficient (Wildman–Crippen LogP) is 3.42. The summed E-state index contributed by atoms with van der Waals surface area (Å²) >= 11 is 0. The molecule has 0 aliphatic rings. The van der Waals surface area contributed by atoms with E-state index in [2.05, 4.69) is 61.7 Å². The molecule has 0 aliphatic carbocycles. The zero-order valence-electron chi connectivity index (χ0n) is 11.1. The third-order valence-corrected chi connectivity index (χ3v) is 3.22. The molecule has 2 rings (SSSR count). The van der Waals surface area contributed by atoms with Gasteiger partial charge >= 0.3 is 0 Å². The zero-order valence-corrected chi connectivity index (χ0v) is 11.1. The Balaban J connectivity index is 2.30. The smallest absolute Gasteiger partial charge is 0.0665 e.